The fourth-order valence-electron chi connectivity index (χ4n) is 2.86. The van der Waals surface area contributed by atoms with Gasteiger partial charge < -0.3 is 14.2 Å². The van der Waals surface area contributed by atoms with Crippen molar-refractivity contribution in [2.45, 2.75) is 19.9 Å². The standard InChI is InChI=1S/C21H27N3O6S/c1-6-30-18-9-7-17(8-10-18)24(31(5,26)27)15(2)21(25)23-22-14-16-13-19(28-3)11-12-20(16)29-4/h7-15H,6H2,1-5H3,(H,23,25)/b22-14-/t15-/m0/s1. The molecule has 1 N–H and O–H groups in total. The summed E-state index contributed by atoms with van der Waals surface area (Å²) in [5.74, 6) is 1.14. The molecule has 0 radical (unpaired) electrons. The van der Waals surface area contributed by atoms with Gasteiger partial charge in [-0.25, -0.2) is 13.8 Å². The summed E-state index contributed by atoms with van der Waals surface area (Å²) in [4.78, 5) is 12.6. The number of hydrazone groups is 1. The van der Waals surface area contributed by atoms with Gasteiger partial charge in [-0.1, -0.05) is 0 Å². The van der Waals surface area contributed by atoms with E-state index >= 15 is 0 Å². The highest BCUT2D eigenvalue weighted by atomic mass is 32.2. The van der Waals surface area contributed by atoms with E-state index in [0.717, 1.165) is 10.6 Å². The second kappa shape index (κ2) is 10.7. The lowest BCUT2D eigenvalue weighted by Crippen LogP contribution is -2.46. The summed E-state index contributed by atoms with van der Waals surface area (Å²) in [6.45, 7) is 3.82. The van der Waals surface area contributed by atoms with E-state index in [4.69, 9.17) is 14.2 Å². The molecule has 1 amide bonds. The summed E-state index contributed by atoms with van der Waals surface area (Å²) in [6.07, 6.45) is 2.44. The number of amides is 1. The first kappa shape index (κ1) is 24.0. The molecule has 0 fully saturated rings. The van der Waals surface area contributed by atoms with Crippen LogP contribution in [0.3, 0.4) is 0 Å². The largest absolute Gasteiger partial charge is 0.497 e. The van der Waals surface area contributed by atoms with E-state index in [-0.39, 0.29) is 0 Å². The van der Waals surface area contributed by atoms with Crippen LogP contribution in [0.4, 0.5) is 5.69 Å². The molecule has 0 unspecified atom stereocenters. The van der Waals surface area contributed by atoms with Crippen molar-refractivity contribution in [2.75, 3.05) is 31.4 Å². The van der Waals surface area contributed by atoms with E-state index in [0.29, 0.717) is 35.1 Å². The van der Waals surface area contributed by atoms with Crippen molar-refractivity contribution in [3.05, 3.63) is 48.0 Å². The van der Waals surface area contributed by atoms with Crippen molar-refractivity contribution in [3.8, 4) is 17.2 Å². The average molecular weight is 450 g/mol. The number of methoxy groups -OCH3 is 2. The molecule has 0 saturated carbocycles. The van der Waals surface area contributed by atoms with Crippen LogP contribution in [0, 0.1) is 0 Å². The number of nitrogens with zero attached hydrogens (tertiary/aromatic N) is 2. The van der Waals surface area contributed by atoms with Crippen LogP contribution in [0.5, 0.6) is 17.2 Å². The van der Waals surface area contributed by atoms with Crippen molar-refractivity contribution >= 4 is 27.8 Å². The lowest BCUT2D eigenvalue weighted by molar-refractivity contribution is -0.121. The number of carbonyl (C=O) groups excluding carboxylic acids is 1. The van der Waals surface area contributed by atoms with E-state index in [1.807, 2.05) is 6.92 Å². The number of rotatable bonds is 10. The molecule has 2 rings (SSSR count). The third-order valence-electron chi connectivity index (χ3n) is 4.31. The van der Waals surface area contributed by atoms with Crippen molar-refractivity contribution in [1.29, 1.82) is 0 Å². The SMILES string of the molecule is CCOc1ccc(N([C@@H](C)C(=O)N/N=C\c2cc(OC)ccc2OC)S(C)(=O)=O)cc1. The van der Waals surface area contributed by atoms with Gasteiger partial charge in [-0.05, 0) is 56.3 Å². The quantitative estimate of drug-likeness (QED) is 0.441. The van der Waals surface area contributed by atoms with Gasteiger partial charge in [0.25, 0.3) is 5.91 Å². The Hall–Kier alpha value is -3.27. The van der Waals surface area contributed by atoms with Crippen LogP contribution >= 0.6 is 0 Å². The summed E-state index contributed by atoms with van der Waals surface area (Å²) in [5.41, 5.74) is 3.30. The zero-order chi connectivity index (χ0) is 23.0. The molecule has 0 aromatic heterocycles. The van der Waals surface area contributed by atoms with Gasteiger partial charge >= 0.3 is 0 Å². The Balaban J connectivity index is 2.20. The molecule has 0 aliphatic carbocycles. The second-order valence-electron chi connectivity index (χ2n) is 6.50. The molecule has 0 aliphatic rings. The first-order chi connectivity index (χ1) is 14.7. The normalized spacial score (nSPS) is 12.3. The molecule has 0 spiro atoms. The summed E-state index contributed by atoms with van der Waals surface area (Å²) >= 11 is 0. The van der Waals surface area contributed by atoms with Crippen LogP contribution < -0.4 is 23.9 Å². The highest BCUT2D eigenvalue weighted by Crippen LogP contribution is 2.24. The van der Waals surface area contributed by atoms with Crippen LogP contribution in [-0.4, -0.2) is 53.7 Å². The third-order valence-corrected chi connectivity index (χ3v) is 5.55. The minimum atomic E-state index is -3.74. The monoisotopic (exact) mass is 449 g/mol. The van der Waals surface area contributed by atoms with Gasteiger partial charge in [-0.3, -0.25) is 9.10 Å². The van der Waals surface area contributed by atoms with Crippen LogP contribution in [-0.2, 0) is 14.8 Å². The summed E-state index contributed by atoms with van der Waals surface area (Å²) in [6, 6.07) is 10.6. The van der Waals surface area contributed by atoms with Crippen molar-refractivity contribution in [1.82, 2.24) is 5.43 Å². The Morgan fingerprint density at radius 1 is 1.13 bits per heavy atom. The highest BCUT2D eigenvalue weighted by Gasteiger charge is 2.29. The maximum Gasteiger partial charge on any atom is 0.263 e. The third kappa shape index (κ3) is 6.35. The molecule has 2 aromatic carbocycles. The summed E-state index contributed by atoms with van der Waals surface area (Å²) < 4.78 is 41.6. The van der Waals surface area contributed by atoms with Gasteiger partial charge in [0.1, 0.15) is 23.3 Å². The van der Waals surface area contributed by atoms with Gasteiger partial charge in [-0.15, -0.1) is 0 Å². The first-order valence-electron chi connectivity index (χ1n) is 9.48. The number of nitrogens with one attached hydrogen (secondary N) is 1. The van der Waals surface area contributed by atoms with E-state index in [9.17, 15) is 13.2 Å². The molecule has 2 aromatic rings. The number of carbonyl (C=O) groups is 1. The molecular formula is C21H27N3O6S. The predicted octanol–water partition coefficient (Wildman–Crippen LogP) is 2.41. The van der Waals surface area contributed by atoms with Crippen LogP contribution in [0.15, 0.2) is 47.6 Å². The number of benzene rings is 2. The van der Waals surface area contributed by atoms with E-state index in [2.05, 4.69) is 10.5 Å². The average Bonchev–Trinajstić information content (AvgIpc) is 2.74. The van der Waals surface area contributed by atoms with E-state index in [1.54, 1.807) is 42.5 Å². The fraction of sp³-hybridized carbons (Fsp3) is 0.333. The second-order valence-corrected chi connectivity index (χ2v) is 8.36. The summed E-state index contributed by atoms with van der Waals surface area (Å²) in [7, 11) is -0.692. The molecule has 10 heteroatoms. The van der Waals surface area contributed by atoms with Crippen LogP contribution in [0.2, 0.25) is 0 Å². The van der Waals surface area contributed by atoms with Gasteiger partial charge in [0.05, 0.1) is 39.0 Å². The minimum Gasteiger partial charge on any atom is -0.497 e. The maximum absolute atomic E-state index is 12.6. The Bertz CT molecular complexity index is 1020. The highest BCUT2D eigenvalue weighted by molar-refractivity contribution is 7.92. The Labute approximate surface area is 182 Å². The maximum atomic E-state index is 12.6. The molecule has 1 atom stereocenters. The van der Waals surface area contributed by atoms with Crippen LogP contribution in [0.1, 0.15) is 19.4 Å². The zero-order valence-electron chi connectivity index (χ0n) is 18.2. The molecule has 0 bridgehead atoms. The molecule has 9 nitrogen and oxygen atoms in total. The molecule has 168 valence electrons. The number of hydrogen-bond acceptors (Lipinski definition) is 7. The lowest BCUT2D eigenvalue weighted by Gasteiger charge is -2.27. The molecule has 0 aliphatic heterocycles. The van der Waals surface area contributed by atoms with Gasteiger partial charge in [0.2, 0.25) is 10.0 Å². The summed E-state index contributed by atoms with van der Waals surface area (Å²) in [5, 5.41) is 3.94. The van der Waals surface area contributed by atoms with Crippen LogP contribution in [0.25, 0.3) is 0 Å². The van der Waals surface area contributed by atoms with Gasteiger partial charge in [0, 0.05) is 5.56 Å². The first-order valence-corrected chi connectivity index (χ1v) is 11.3. The smallest absolute Gasteiger partial charge is 0.263 e. The van der Waals surface area contributed by atoms with E-state index < -0.39 is 22.0 Å². The zero-order valence-corrected chi connectivity index (χ0v) is 19.0. The Morgan fingerprint density at radius 3 is 2.32 bits per heavy atom. The molecule has 31 heavy (non-hydrogen) atoms. The lowest BCUT2D eigenvalue weighted by atomic mass is 10.2. The fourth-order valence-corrected chi connectivity index (χ4v) is 4.04. The van der Waals surface area contributed by atoms with Crippen molar-refractivity contribution in [2.24, 2.45) is 5.10 Å². The Kier molecular flexibility index (Phi) is 8.26. The Morgan fingerprint density at radius 2 is 1.77 bits per heavy atom. The predicted molar refractivity (Wildman–Crippen MR) is 120 cm³/mol. The van der Waals surface area contributed by atoms with Gasteiger partial charge in [-0.2, -0.15) is 5.10 Å². The van der Waals surface area contributed by atoms with Crippen molar-refractivity contribution in [3.63, 3.8) is 0 Å². The molecular weight excluding hydrogens is 422 g/mol. The van der Waals surface area contributed by atoms with Crippen molar-refractivity contribution < 1.29 is 27.4 Å². The number of ether oxygens (including phenoxy) is 3. The van der Waals surface area contributed by atoms with Gasteiger partial charge in [0.15, 0.2) is 0 Å². The number of anilines is 1. The molecule has 0 saturated heterocycles. The molecule has 0 heterocycles. The number of sulfonamides is 1. The topological polar surface area (TPSA) is 107 Å². The van der Waals surface area contributed by atoms with E-state index in [1.165, 1.54) is 27.4 Å². The number of hydrogen-bond donors (Lipinski definition) is 1. The minimum absolute atomic E-state index is 0.340.